The van der Waals surface area contributed by atoms with E-state index in [9.17, 15) is 9.59 Å². The predicted octanol–water partition coefficient (Wildman–Crippen LogP) is 4.72. The third-order valence-electron chi connectivity index (χ3n) is 6.02. The van der Waals surface area contributed by atoms with E-state index in [-0.39, 0.29) is 18.4 Å². The number of anilines is 1. The molecular formula is C27H24N2O4. The summed E-state index contributed by atoms with van der Waals surface area (Å²) in [7, 11) is 1.33. The van der Waals surface area contributed by atoms with Crippen LogP contribution in [0.4, 0.5) is 5.69 Å². The molecule has 6 heteroatoms. The Balaban J connectivity index is 1.57. The van der Waals surface area contributed by atoms with Crippen molar-refractivity contribution in [3.05, 3.63) is 95.7 Å². The maximum Gasteiger partial charge on any atom is 0.343 e. The van der Waals surface area contributed by atoms with Gasteiger partial charge in [-0.3, -0.25) is 4.79 Å². The van der Waals surface area contributed by atoms with Crippen LogP contribution in [0.15, 0.2) is 79.0 Å². The molecule has 1 aliphatic rings. The van der Waals surface area contributed by atoms with Gasteiger partial charge in [-0.1, -0.05) is 48.5 Å². The van der Waals surface area contributed by atoms with Crippen molar-refractivity contribution in [2.45, 2.75) is 18.9 Å². The number of hydrogen-bond acceptors (Lipinski definition) is 4. The second-order valence-corrected chi connectivity index (χ2v) is 8.14. The summed E-state index contributed by atoms with van der Waals surface area (Å²) in [5.41, 5.74) is 5.18. The number of nitrogens with zero attached hydrogens (tertiary/aromatic N) is 1. The molecule has 1 amide bonds. The molecule has 0 saturated heterocycles. The minimum atomic E-state index is -0.442. The third kappa shape index (κ3) is 4.20. The fourth-order valence-corrected chi connectivity index (χ4v) is 4.48. The normalized spacial score (nSPS) is 15.1. The van der Waals surface area contributed by atoms with Crippen LogP contribution in [0.1, 0.15) is 29.0 Å². The zero-order valence-electron chi connectivity index (χ0n) is 18.3. The second kappa shape index (κ2) is 8.82. The molecular weight excluding hydrogens is 416 g/mol. The molecule has 166 valence electrons. The molecule has 4 aromatic rings. The molecule has 0 saturated carbocycles. The van der Waals surface area contributed by atoms with E-state index < -0.39 is 5.97 Å². The van der Waals surface area contributed by atoms with Crippen LogP contribution in [0.25, 0.3) is 10.9 Å². The molecule has 1 N–H and O–H groups in total. The molecule has 2 heterocycles. The van der Waals surface area contributed by atoms with Crippen LogP contribution in [-0.2, 0) is 20.9 Å². The lowest BCUT2D eigenvalue weighted by Crippen LogP contribution is -2.14. The van der Waals surface area contributed by atoms with E-state index >= 15 is 0 Å². The molecule has 3 aromatic carbocycles. The van der Waals surface area contributed by atoms with Crippen LogP contribution in [0, 0.1) is 0 Å². The molecule has 1 atom stereocenters. The average molecular weight is 440 g/mol. The van der Waals surface area contributed by atoms with Crippen LogP contribution in [0.5, 0.6) is 5.75 Å². The van der Waals surface area contributed by atoms with E-state index in [4.69, 9.17) is 4.74 Å². The number of hydrogen-bond donors (Lipinski definition) is 1. The maximum atomic E-state index is 12.8. The number of ether oxygens (including phenoxy) is 2. The van der Waals surface area contributed by atoms with Gasteiger partial charge in [0, 0.05) is 30.5 Å². The van der Waals surface area contributed by atoms with Gasteiger partial charge in [-0.2, -0.15) is 0 Å². The molecule has 33 heavy (non-hydrogen) atoms. The van der Waals surface area contributed by atoms with Crippen molar-refractivity contribution in [3.63, 3.8) is 0 Å². The highest BCUT2D eigenvalue weighted by Gasteiger charge is 2.28. The highest BCUT2D eigenvalue weighted by Crippen LogP contribution is 2.41. The highest BCUT2D eigenvalue weighted by molar-refractivity contribution is 6.06. The van der Waals surface area contributed by atoms with Gasteiger partial charge in [0.05, 0.1) is 18.3 Å². The zero-order valence-corrected chi connectivity index (χ0v) is 18.3. The largest absolute Gasteiger partial charge is 0.482 e. The molecule has 6 nitrogen and oxygen atoms in total. The molecule has 0 aliphatic carbocycles. The van der Waals surface area contributed by atoms with Crippen molar-refractivity contribution in [2.24, 2.45) is 0 Å². The summed E-state index contributed by atoms with van der Waals surface area (Å²) in [6.45, 7) is 0.579. The van der Waals surface area contributed by atoms with Crippen LogP contribution >= 0.6 is 0 Å². The summed E-state index contributed by atoms with van der Waals surface area (Å²) in [6.07, 6.45) is 2.48. The molecule has 1 unspecified atom stereocenters. The number of esters is 1. The minimum absolute atomic E-state index is 0.0285. The Hall–Kier alpha value is -4.06. The third-order valence-corrected chi connectivity index (χ3v) is 6.02. The van der Waals surface area contributed by atoms with Crippen molar-refractivity contribution in [1.29, 1.82) is 0 Å². The number of carbonyl (C=O) groups is 2. The summed E-state index contributed by atoms with van der Waals surface area (Å²) in [6, 6.07) is 23.9. The second-order valence-electron chi connectivity index (χ2n) is 8.14. The van der Waals surface area contributed by atoms with Crippen LogP contribution in [-0.4, -0.2) is 30.2 Å². The topological polar surface area (TPSA) is 69.6 Å². The summed E-state index contributed by atoms with van der Waals surface area (Å²) < 4.78 is 12.5. The summed E-state index contributed by atoms with van der Waals surface area (Å²) in [5.74, 6) is -0.0484. The van der Waals surface area contributed by atoms with E-state index in [0.717, 1.165) is 34.3 Å². The van der Waals surface area contributed by atoms with Crippen LogP contribution in [0.3, 0.4) is 0 Å². The molecule has 1 aromatic heterocycles. The number of aromatic nitrogens is 1. The van der Waals surface area contributed by atoms with Crippen molar-refractivity contribution in [3.8, 4) is 5.75 Å². The SMILES string of the molecule is COC(=O)COc1cccc(C2CC(=O)Nc3cccc4c3c2cn4Cc2ccccc2)c1. The van der Waals surface area contributed by atoms with E-state index in [2.05, 4.69) is 39.0 Å². The number of rotatable bonds is 6. The highest BCUT2D eigenvalue weighted by atomic mass is 16.6. The van der Waals surface area contributed by atoms with E-state index in [1.807, 2.05) is 48.5 Å². The molecule has 5 rings (SSSR count). The summed E-state index contributed by atoms with van der Waals surface area (Å²) >= 11 is 0. The van der Waals surface area contributed by atoms with E-state index in [0.29, 0.717) is 12.2 Å². The van der Waals surface area contributed by atoms with Gasteiger partial charge in [-0.25, -0.2) is 4.79 Å². The Kier molecular flexibility index (Phi) is 5.57. The van der Waals surface area contributed by atoms with Gasteiger partial charge in [-0.05, 0) is 41.0 Å². The van der Waals surface area contributed by atoms with Crippen LogP contribution < -0.4 is 10.1 Å². The zero-order chi connectivity index (χ0) is 22.8. The number of benzene rings is 3. The molecule has 1 aliphatic heterocycles. The first-order chi connectivity index (χ1) is 16.1. The predicted molar refractivity (Wildman–Crippen MR) is 127 cm³/mol. The summed E-state index contributed by atoms with van der Waals surface area (Å²) in [5, 5.41) is 4.14. The van der Waals surface area contributed by atoms with Gasteiger partial charge in [0.25, 0.3) is 0 Å². The van der Waals surface area contributed by atoms with Crippen molar-refractivity contribution in [1.82, 2.24) is 4.57 Å². The Morgan fingerprint density at radius 1 is 1.06 bits per heavy atom. The van der Waals surface area contributed by atoms with Crippen molar-refractivity contribution >= 4 is 28.5 Å². The minimum Gasteiger partial charge on any atom is -0.482 e. The Morgan fingerprint density at radius 3 is 2.70 bits per heavy atom. The summed E-state index contributed by atoms with van der Waals surface area (Å²) in [4.78, 5) is 24.3. The Morgan fingerprint density at radius 2 is 1.88 bits per heavy atom. The fraction of sp³-hybridized carbons (Fsp3) is 0.185. The average Bonchev–Trinajstić information content (AvgIpc) is 3.13. The lowest BCUT2D eigenvalue weighted by molar-refractivity contribution is -0.142. The van der Waals surface area contributed by atoms with Crippen molar-refractivity contribution < 1.29 is 19.1 Å². The van der Waals surface area contributed by atoms with E-state index in [1.165, 1.54) is 12.7 Å². The quantitative estimate of drug-likeness (QED) is 0.441. The van der Waals surface area contributed by atoms with Gasteiger partial charge in [0.15, 0.2) is 6.61 Å². The van der Waals surface area contributed by atoms with Gasteiger partial charge >= 0.3 is 5.97 Å². The monoisotopic (exact) mass is 440 g/mol. The van der Waals surface area contributed by atoms with Gasteiger partial charge < -0.3 is 19.4 Å². The molecule has 0 bridgehead atoms. The van der Waals surface area contributed by atoms with Gasteiger partial charge in [0.1, 0.15) is 5.75 Å². The lowest BCUT2D eigenvalue weighted by atomic mass is 9.88. The number of methoxy groups -OCH3 is 1. The first kappa shape index (κ1) is 20.8. The van der Waals surface area contributed by atoms with E-state index in [1.54, 1.807) is 6.07 Å². The first-order valence-electron chi connectivity index (χ1n) is 10.9. The Bertz CT molecular complexity index is 1330. The smallest absolute Gasteiger partial charge is 0.343 e. The van der Waals surface area contributed by atoms with Crippen molar-refractivity contribution in [2.75, 3.05) is 19.0 Å². The fourth-order valence-electron chi connectivity index (χ4n) is 4.48. The lowest BCUT2D eigenvalue weighted by Gasteiger charge is -2.16. The van der Waals surface area contributed by atoms with Gasteiger partial charge in [0.2, 0.25) is 5.91 Å². The van der Waals surface area contributed by atoms with Gasteiger partial charge in [-0.15, -0.1) is 0 Å². The molecule has 0 fully saturated rings. The number of amides is 1. The standard InChI is InChI=1S/C27H24N2O4/c1-32-26(31)17-33-20-10-5-9-19(13-20)21-14-25(30)28-23-11-6-12-24-27(23)22(21)16-29(24)15-18-7-3-2-4-8-18/h2-13,16,21H,14-15,17H2,1H3,(H,28,30). The maximum absolute atomic E-state index is 12.8. The molecule has 0 spiro atoms. The molecule has 0 radical (unpaired) electrons. The number of nitrogens with one attached hydrogen (secondary N) is 1. The first-order valence-corrected chi connectivity index (χ1v) is 10.9. The Labute approximate surface area is 191 Å². The van der Waals surface area contributed by atoms with Crippen LogP contribution in [0.2, 0.25) is 0 Å². The number of carbonyl (C=O) groups excluding carboxylic acids is 2.